The maximum absolute atomic E-state index is 4.65. The van der Waals surface area contributed by atoms with E-state index >= 15 is 0 Å². The maximum atomic E-state index is 4.65. The number of pyridine rings is 1. The molecule has 3 heterocycles. The van der Waals surface area contributed by atoms with Gasteiger partial charge in [-0.15, -0.1) is 0 Å². The van der Waals surface area contributed by atoms with Gasteiger partial charge in [0.15, 0.2) is 0 Å². The Labute approximate surface area is 161 Å². The standard InChI is InChI=1S/C18H24N5SSe/c1-12-11-22(7-6-19-12)17-9-14(24-21-18(3)4-5-18)8-16-15(13(2)25)10-20-23(16)17/h8-10,12,19,21H,2,4-7,11H2,1,3H3. The van der Waals surface area contributed by atoms with Crippen LogP contribution in [-0.2, 0) is 0 Å². The molecule has 7 heteroatoms. The second-order valence-corrected chi connectivity index (χ2v) is 9.31. The molecule has 0 bridgehead atoms. The Morgan fingerprint density at radius 3 is 2.96 bits per heavy atom. The zero-order valence-corrected chi connectivity index (χ0v) is 17.2. The average molecular weight is 421 g/mol. The number of hydrogen-bond donors (Lipinski definition) is 2. The van der Waals surface area contributed by atoms with Crippen molar-refractivity contribution >= 4 is 43.8 Å². The normalized spacial score (nSPS) is 22.3. The Kier molecular flexibility index (Phi) is 4.63. The van der Waals surface area contributed by atoms with Crippen molar-refractivity contribution in [1.29, 1.82) is 0 Å². The van der Waals surface area contributed by atoms with Crippen LogP contribution in [0.3, 0.4) is 0 Å². The SMILES string of the molecule is C=C([Se])c1cnn2c(N3CCNC(C)C3)cc(SNC3(C)CC3)cc12. The molecule has 1 aliphatic carbocycles. The molecule has 2 aromatic rings. The summed E-state index contributed by atoms with van der Waals surface area (Å²) in [6, 6.07) is 4.95. The summed E-state index contributed by atoms with van der Waals surface area (Å²) in [6.07, 6.45) is 4.42. The quantitative estimate of drug-likeness (QED) is 0.574. The Morgan fingerprint density at radius 2 is 2.28 bits per heavy atom. The van der Waals surface area contributed by atoms with Crippen LogP contribution in [0, 0.1) is 0 Å². The van der Waals surface area contributed by atoms with Gasteiger partial charge in [0.05, 0.1) is 0 Å². The van der Waals surface area contributed by atoms with E-state index in [1.54, 1.807) is 11.9 Å². The molecule has 2 N–H and O–H groups in total. The van der Waals surface area contributed by atoms with Crippen molar-refractivity contribution in [3.63, 3.8) is 0 Å². The summed E-state index contributed by atoms with van der Waals surface area (Å²) in [5.74, 6) is 1.16. The van der Waals surface area contributed by atoms with Crippen molar-refractivity contribution in [2.24, 2.45) is 0 Å². The summed E-state index contributed by atoms with van der Waals surface area (Å²) >= 11 is 4.77. The van der Waals surface area contributed by atoms with Gasteiger partial charge in [-0.25, -0.2) is 0 Å². The first kappa shape index (κ1) is 17.4. The van der Waals surface area contributed by atoms with E-state index in [-0.39, 0.29) is 0 Å². The van der Waals surface area contributed by atoms with Crippen molar-refractivity contribution in [2.75, 3.05) is 24.5 Å². The minimum absolute atomic E-state index is 0.297. The number of nitrogens with one attached hydrogen (secondary N) is 2. The number of nitrogens with zero attached hydrogens (tertiary/aromatic N) is 3. The van der Waals surface area contributed by atoms with Crippen molar-refractivity contribution < 1.29 is 0 Å². The number of aromatic nitrogens is 2. The molecule has 1 radical (unpaired) electrons. The fraction of sp³-hybridized carbons (Fsp3) is 0.500. The summed E-state index contributed by atoms with van der Waals surface area (Å²) in [6.45, 7) is 11.6. The Hall–Kier alpha value is -0.981. The van der Waals surface area contributed by atoms with Crippen molar-refractivity contribution in [3.05, 3.63) is 30.5 Å². The summed E-state index contributed by atoms with van der Waals surface area (Å²) in [4.78, 5) is 3.65. The molecule has 1 aliphatic heterocycles. The third kappa shape index (κ3) is 3.62. The van der Waals surface area contributed by atoms with E-state index in [1.165, 1.54) is 17.7 Å². The van der Waals surface area contributed by atoms with Crippen molar-refractivity contribution in [2.45, 2.75) is 43.2 Å². The Morgan fingerprint density at radius 1 is 1.48 bits per heavy atom. The predicted molar refractivity (Wildman–Crippen MR) is 106 cm³/mol. The average Bonchev–Trinajstić information content (AvgIpc) is 3.16. The summed E-state index contributed by atoms with van der Waals surface area (Å²) in [7, 11) is 0. The van der Waals surface area contributed by atoms with E-state index in [1.807, 2.05) is 6.20 Å². The first-order chi connectivity index (χ1) is 12.0. The molecule has 0 aromatic carbocycles. The summed E-state index contributed by atoms with van der Waals surface area (Å²) in [5, 5.41) is 8.16. The zero-order chi connectivity index (χ0) is 17.6. The molecule has 1 saturated carbocycles. The van der Waals surface area contributed by atoms with Crippen LogP contribution in [0.15, 0.2) is 29.8 Å². The fourth-order valence-electron chi connectivity index (χ4n) is 3.16. The van der Waals surface area contributed by atoms with Crippen molar-refractivity contribution in [1.82, 2.24) is 19.7 Å². The minimum atomic E-state index is 0.297. The van der Waals surface area contributed by atoms with Crippen LogP contribution in [0.5, 0.6) is 0 Å². The first-order valence-electron chi connectivity index (χ1n) is 8.76. The van der Waals surface area contributed by atoms with Crippen LogP contribution >= 0.6 is 11.9 Å². The number of fused-ring (bicyclic) bond motifs is 1. The predicted octanol–water partition coefficient (Wildman–Crippen LogP) is 2.42. The molecule has 0 amide bonds. The Balaban J connectivity index is 1.74. The fourth-order valence-corrected chi connectivity index (χ4v) is 4.39. The van der Waals surface area contributed by atoms with Crippen LogP contribution in [0.25, 0.3) is 9.99 Å². The molecular weight excluding hydrogens is 397 g/mol. The van der Waals surface area contributed by atoms with Gasteiger partial charge >= 0.3 is 162 Å². The van der Waals surface area contributed by atoms with E-state index in [2.05, 4.69) is 73.1 Å². The summed E-state index contributed by atoms with van der Waals surface area (Å²) < 4.78 is 6.60. The molecule has 1 atom stereocenters. The number of rotatable bonds is 5. The van der Waals surface area contributed by atoms with Crippen LogP contribution in [-0.4, -0.2) is 56.8 Å². The van der Waals surface area contributed by atoms with Gasteiger partial charge in [-0.2, -0.15) is 0 Å². The van der Waals surface area contributed by atoms with E-state index < -0.39 is 0 Å². The second kappa shape index (κ2) is 6.63. The van der Waals surface area contributed by atoms with E-state index in [9.17, 15) is 0 Å². The number of anilines is 1. The molecule has 1 saturated heterocycles. The van der Waals surface area contributed by atoms with Gasteiger partial charge in [0.25, 0.3) is 0 Å². The first-order valence-corrected chi connectivity index (χ1v) is 10.4. The topological polar surface area (TPSA) is 44.6 Å². The van der Waals surface area contributed by atoms with Gasteiger partial charge < -0.3 is 0 Å². The molecule has 2 fully saturated rings. The number of hydrogen-bond acceptors (Lipinski definition) is 5. The van der Waals surface area contributed by atoms with Gasteiger partial charge in [0, 0.05) is 0 Å². The third-order valence-corrected chi connectivity index (χ3v) is 6.51. The molecule has 2 aliphatic rings. The zero-order valence-electron chi connectivity index (χ0n) is 14.7. The van der Waals surface area contributed by atoms with Crippen LogP contribution < -0.4 is 14.9 Å². The number of piperazine rings is 1. The molecule has 1 unspecified atom stereocenters. The molecular formula is C18H24N5SSe. The molecule has 0 spiro atoms. The van der Waals surface area contributed by atoms with E-state index in [0.29, 0.717) is 11.6 Å². The van der Waals surface area contributed by atoms with Crippen LogP contribution in [0.1, 0.15) is 32.3 Å². The summed E-state index contributed by atoms with van der Waals surface area (Å²) in [5.41, 5.74) is 2.48. The van der Waals surface area contributed by atoms with Gasteiger partial charge in [-0.1, -0.05) is 0 Å². The van der Waals surface area contributed by atoms with Gasteiger partial charge in [0.1, 0.15) is 0 Å². The van der Waals surface area contributed by atoms with E-state index in [4.69, 9.17) is 0 Å². The van der Waals surface area contributed by atoms with Gasteiger partial charge in [0.2, 0.25) is 0 Å². The van der Waals surface area contributed by atoms with Crippen LogP contribution in [0.4, 0.5) is 5.82 Å². The monoisotopic (exact) mass is 422 g/mol. The van der Waals surface area contributed by atoms with Gasteiger partial charge in [-0.05, 0) is 0 Å². The molecule has 133 valence electrons. The molecule has 25 heavy (non-hydrogen) atoms. The second-order valence-electron chi connectivity index (χ2n) is 7.39. The Bertz CT molecular complexity index is 813. The molecule has 4 rings (SSSR count). The molecule has 5 nitrogen and oxygen atoms in total. The van der Waals surface area contributed by atoms with E-state index in [0.717, 1.165) is 41.0 Å². The third-order valence-electron chi connectivity index (χ3n) is 4.98. The van der Waals surface area contributed by atoms with Crippen molar-refractivity contribution in [3.8, 4) is 0 Å². The molecule has 2 aromatic heterocycles. The van der Waals surface area contributed by atoms with Crippen LogP contribution in [0.2, 0.25) is 0 Å². The van der Waals surface area contributed by atoms with Gasteiger partial charge in [-0.3, -0.25) is 0 Å².